The van der Waals surface area contributed by atoms with Crippen molar-refractivity contribution in [3.63, 3.8) is 0 Å². The number of benzene rings is 2. The van der Waals surface area contributed by atoms with E-state index in [9.17, 15) is 49.1 Å². The Labute approximate surface area is 243 Å². The molecule has 1 fully saturated rings. The number of hydrogen-bond donors (Lipinski definition) is 1. The summed E-state index contributed by atoms with van der Waals surface area (Å²) in [6.07, 6.45) is -15.3. The Morgan fingerprint density at radius 2 is 1.59 bits per heavy atom. The van der Waals surface area contributed by atoms with Gasteiger partial charge in [0.1, 0.15) is 23.8 Å². The van der Waals surface area contributed by atoms with Gasteiger partial charge in [0.25, 0.3) is 5.91 Å². The molecule has 0 aliphatic heterocycles. The molecular weight excluding hydrogens is 710 g/mol. The van der Waals surface area contributed by atoms with Crippen molar-refractivity contribution >= 4 is 49.5 Å². The van der Waals surface area contributed by atoms with Gasteiger partial charge in [-0.1, -0.05) is 12.1 Å². The first kappa shape index (κ1) is 32.9. The molecule has 224 valence electrons. The van der Waals surface area contributed by atoms with Crippen LogP contribution in [0.2, 0.25) is 0 Å². The fraction of sp³-hybridized carbons (Fsp3) is 0.360. The van der Waals surface area contributed by atoms with Crippen LogP contribution in [0.15, 0.2) is 51.4 Å². The summed E-state index contributed by atoms with van der Waals surface area (Å²) < 4.78 is 136. The zero-order chi connectivity index (χ0) is 31.1. The number of nitrogens with one attached hydrogen (secondary N) is 1. The van der Waals surface area contributed by atoms with Crippen LogP contribution in [0.5, 0.6) is 0 Å². The largest absolute Gasteiger partial charge is 0.417 e. The van der Waals surface area contributed by atoms with Crippen molar-refractivity contribution in [3.05, 3.63) is 73.7 Å². The molecule has 41 heavy (non-hydrogen) atoms. The van der Waals surface area contributed by atoms with Crippen LogP contribution >= 0.6 is 31.9 Å². The quantitative estimate of drug-likeness (QED) is 0.293. The average Bonchev–Trinajstić information content (AvgIpc) is 3.61. The van der Waals surface area contributed by atoms with Crippen LogP contribution in [-0.4, -0.2) is 48.2 Å². The topological polar surface area (TPSA) is 49.4 Å². The highest BCUT2D eigenvalue weighted by atomic mass is 79.9. The molecule has 1 N–H and O–H groups in total. The van der Waals surface area contributed by atoms with E-state index in [2.05, 4.69) is 31.9 Å². The third-order valence-electron chi connectivity index (χ3n) is 6.09. The molecule has 2 amide bonds. The summed E-state index contributed by atoms with van der Waals surface area (Å²) in [5.74, 6) is -6.85. The van der Waals surface area contributed by atoms with E-state index >= 15 is 4.39 Å². The van der Waals surface area contributed by atoms with E-state index in [1.54, 1.807) is 0 Å². The van der Waals surface area contributed by atoms with E-state index < -0.39 is 76.4 Å². The van der Waals surface area contributed by atoms with Gasteiger partial charge in [0.15, 0.2) is 0 Å². The van der Waals surface area contributed by atoms with Gasteiger partial charge in [0, 0.05) is 21.6 Å². The van der Waals surface area contributed by atoms with Crippen molar-refractivity contribution in [3.8, 4) is 0 Å². The summed E-state index contributed by atoms with van der Waals surface area (Å²) in [4.78, 5) is 25.5. The molecule has 0 bridgehead atoms. The molecule has 0 radical (unpaired) electrons. The van der Waals surface area contributed by atoms with Gasteiger partial charge in [-0.2, -0.15) is 39.5 Å². The Bertz CT molecular complexity index is 1370. The summed E-state index contributed by atoms with van der Waals surface area (Å²) in [7, 11) is 0.814. The summed E-state index contributed by atoms with van der Waals surface area (Å²) in [6, 6.07) is 4.67. The molecule has 1 unspecified atom stereocenters. The average molecular weight is 728 g/mol. The number of amides is 2. The Hall–Kier alpha value is -2.62. The van der Waals surface area contributed by atoms with E-state index in [4.69, 9.17) is 0 Å². The van der Waals surface area contributed by atoms with Gasteiger partial charge in [-0.25, -0.2) is 4.39 Å². The van der Waals surface area contributed by atoms with Crippen molar-refractivity contribution < 1.29 is 53.5 Å². The highest BCUT2D eigenvalue weighted by molar-refractivity contribution is 9.13. The second-order valence-electron chi connectivity index (χ2n) is 9.28. The predicted molar refractivity (Wildman–Crippen MR) is 134 cm³/mol. The number of alkyl halides is 9. The molecule has 3 rings (SSSR count). The van der Waals surface area contributed by atoms with Gasteiger partial charge in [0.05, 0.1) is 11.1 Å². The van der Waals surface area contributed by atoms with Crippen LogP contribution in [0.25, 0.3) is 5.83 Å². The predicted octanol–water partition coefficient (Wildman–Crippen LogP) is 8.17. The Balaban J connectivity index is 1.95. The molecule has 1 aliphatic rings. The standard InChI is InChI=1S/C25H18Br2F10N2O2/c1-39(11-23(29,30)31)21(41)22(6-7-22)38-20(40)14-4-2-13(8-16(14)25(35,36)37)19(28)10-15(24(32,33)34)12-3-5-17(26)18(27)9-12/h2-5,8-10,15H,6-7,11H2,1H3,(H,38,40)/b19-10-. The van der Waals surface area contributed by atoms with Gasteiger partial charge >= 0.3 is 18.5 Å². The lowest BCUT2D eigenvalue weighted by molar-refractivity contribution is -0.160. The maximum absolute atomic E-state index is 15.0. The Morgan fingerprint density at radius 3 is 2.07 bits per heavy atom. The van der Waals surface area contributed by atoms with Crippen LogP contribution < -0.4 is 5.32 Å². The molecular formula is C25H18Br2F10N2O2. The third kappa shape index (κ3) is 8.02. The minimum Gasteiger partial charge on any atom is -0.338 e. The number of carbonyl (C=O) groups is 2. The minimum absolute atomic E-state index is 0.0965. The van der Waals surface area contributed by atoms with E-state index in [0.717, 1.165) is 19.2 Å². The maximum atomic E-state index is 15.0. The molecule has 2 aromatic carbocycles. The third-order valence-corrected chi connectivity index (χ3v) is 7.97. The number of allylic oxidation sites excluding steroid dienone is 1. The lowest BCUT2D eigenvalue weighted by Crippen LogP contribution is -2.51. The van der Waals surface area contributed by atoms with Crippen molar-refractivity contribution in [2.45, 2.75) is 42.8 Å². The normalized spacial score (nSPS) is 16.3. The number of halogens is 12. The lowest BCUT2D eigenvalue weighted by atomic mass is 9.95. The monoisotopic (exact) mass is 726 g/mol. The highest BCUT2D eigenvalue weighted by Crippen LogP contribution is 2.42. The van der Waals surface area contributed by atoms with Gasteiger partial charge in [-0.05, 0) is 80.6 Å². The summed E-state index contributed by atoms with van der Waals surface area (Å²) in [5, 5.41) is 2.03. The molecule has 1 atom stereocenters. The van der Waals surface area contributed by atoms with Gasteiger partial charge in [-0.15, -0.1) is 0 Å². The number of nitrogens with zero attached hydrogens (tertiary/aromatic N) is 1. The summed E-state index contributed by atoms with van der Waals surface area (Å²) >= 11 is 6.12. The summed E-state index contributed by atoms with van der Waals surface area (Å²) in [5.41, 5.74) is -6.01. The fourth-order valence-corrected chi connectivity index (χ4v) is 4.60. The first-order chi connectivity index (χ1) is 18.6. The molecule has 0 heterocycles. The summed E-state index contributed by atoms with van der Waals surface area (Å²) in [6.45, 7) is -1.66. The van der Waals surface area contributed by atoms with E-state index in [1.165, 1.54) is 6.07 Å². The van der Waals surface area contributed by atoms with Crippen LogP contribution in [0.3, 0.4) is 0 Å². The highest BCUT2D eigenvalue weighted by Gasteiger charge is 2.54. The second kappa shape index (κ2) is 11.6. The van der Waals surface area contributed by atoms with Crippen molar-refractivity contribution in [2.75, 3.05) is 13.6 Å². The van der Waals surface area contributed by atoms with Gasteiger partial charge in [0.2, 0.25) is 5.91 Å². The Morgan fingerprint density at radius 1 is 0.976 bits per heavy atom. The lowest BCUT2D eigenvalue weighted by Gasteiger charge is -2.25. The van der Waals surface area contributed by atoms with Gasteiger partial charge in [-0.3, -0.25) is 9.59 Å². The second-order valence-corrected chi connectivity index (χ2v) is 11.0. The zero-order valence-electron chi connectivity index (χ0n) is 20.5. The van der Waals surface area contributed by atoms with Crippen LogP contribution in [0.4, 0.5) is 43.9 Å². The Kier molecular flexibility index (Phi) is 9.28. The van der Waals surface area contributed by atoms with Crippen LogP contribution in [0.1, 0.15) is 45.8 Å². The number of hydrogen-bond acceptors (Lipinski definition) is 2. The first-order valence-corrected chi connectivity index (χ1v) is 13.0. The van der Waals surface area contributed by atoms with Crippen molar-refractivity contribution in [2.24, 2.45) is 0 Å². The molecule has 16 heteroatoms. The SMILES string of the molecule is CN(CC(F)(F)F)C(=O)C1(NC(=O)c2ccc(/C(F)=C/C(c3ccc(Br)c(Br)c3)C(F)(F)F)cc2C(F)(F)F)CC1. The molecule has 2 aromatic rings. The number of rotatable bonds is 7. The molecule has 1 aliphatic carbocycles. The molecule has 0 spiro atoms. The van der Waals surface area contributed by atoms with Gasteiger partial charge < -0.3 is 10.2 Å². The van der Waals surface area contributed by atoms with Crippen molar-refractivity contribution in [1.29, 1.82) is 0 Å². The first-order valence-electron chi connectivity index (χ1n) is 11.4. The molecule has 0 aromatic heterocycles. The zero-order valence-corrected chi connectivity index (χ0v) is 23.7. The van der Waals surface area contributed by atoms with E-state index in [-0.39, 0.29) is 34.4 Å². The minimum atomic E-state index is -5.29. The van der Waals surface area contributed by atoms with E-state index in [0.29, 0.717) is 16.6 Å². The number of carbonyl (C=O) groups excluding carboxylic acids is 2. The van der Waals surface area contributed by atoms with Crippen molar-refractivity contribution in [1.82, 2.24) is 10.2 Å². The van der Waals surface area contributed by atoms with Crippen LogP contribution in [0, 0.1) is 0 Å². The molecule has 0 saturated heterocycles. The molecule has 4 nitrogen and oxygen atoms in total. The van der Waals surface area contributed by atoms with Crippen LogP contribution in [-0.2, 0) is 11.0 Å². The van der Waals surface area contributed by atoms with E-state index in [1.807, 2.05) is 5.32 Å². The molecule has 1 saturated carbocycles. The smallest absolute Gasteiger partial charge is 0.338 e. The fourth-order valence-electron chi connectivity index (χ4n) is 3.96. The number of likely N-dealkylation sites (N-methyl/N-ethyl adjacent to an activating group) is 1. The maximum Gasteiger partial charge on any atom is 0.417 e.